The van der Waals surface area contributed by atoms with Gasteiger partial charge in [0.25, 0.3) is 0 Å². The number of hydrogen-bond donors (Lipinski definition) is 1. The van der Waals surface area contributed by atoms with Gasteiger partial charge < -0.3 is 9.84 Å². The van der Waals surface area contributed by atoms with Gasteiger partial charge in [0.2, 0.25) is 0 Å². The maximum absolute atomic E-state index is 10.8. The van der Waals surface area contributed by atoms with Crippen LogP contribution in [0.2, 0.25) is 0 Å². The van der Waals surface area contributed by atoms with Crippen LogP contribution in [0.25, 0.3) is 0 Å². The molecule has 0 unspecified atom stereocenters. The molecule has 0 amide bonds. The third-order valence-corrected chi connectivity index (χ3v) is 1.45. The van der Waals surface area contributed by atoms with E-state index < -0.39 is 11.9 Å². The Morgan fingerprint density at radius 2 is 2.00 bits per heavy atom. The minimum absolute atomic E-state index is 0.0420. The molecule has 0 aliphatic carbocycles. The van der Waals surface area contributed by atoms with Gasteiger partial charge in [0, 0.05) is 0 Å². The number of esters is 1. The number of carbonyl (C=O) groups is 2. The smallest absolute Gasteiger partial charge is 0.306 e. The highest BCUT2D eigenvalue weighted by Gasteiger charge is 2.09. The van der Waals surface area contributed by atoms with Gasteiger partial charge in [-0.2, -0.15) is 0 Å². The minimum atomic E-state index is -0.976. The SMILES string of the molecule is CC[C@@H](C)OC(=O)CCC(=O)O. The molecule has 0 saturated carbocycles. The second kappa shape index (κ2) is 5.57. The summed E-state index contributed by atoms with van der Waals surface area (Å²) in [5, 5.41) is 8.25. The van der Waals surface area contributed by atoms with E-state index in [4.69, 9.17) is 9.84 Å². The van der Waals surface area contributed by atoms with E-state index in [0.29, 0.717) is 0 Å². The quantitative estimate of drug-likeness (QED) is 0.636. The van der Waals surface area contributed by atoms with Crippen molar-refractivity contribution < 1.29 is 19.4 Å². The number of ether oxygens (including phenoxy) is 1. The summed E-state index contributed by atoms with van der Waals surface area (Å²) >= 11 is 0. The monoisotopic (exact) mass is 174 g/mol. The Morgan fingerprint density at radius 3 is 2.42 bits per heavy atom. The lowest BCUT2D eigenvalue weighted by molar-refractivity contribution is -0.151. The van der Waals surface area contributed by atoms with Crippen LogP contribution < -0.4 is 0 Å². The summed E-state index contributed by atoms with van der Waals surface area (Å²) in [4.78, 5) is 20.9. The van der Waals surface area contributed by atoms with Crippen molar-refractivity contribution in [3.63, 3.8) is 0 Å². The molecule has 0 radical (unpaired) electrons. The zero-order valence-corrected chi connectivity index (χ0v) is 7.37. The topological polar surface area (TPSA) is 63.6 Å². The van der Waals surface area contributed by atoms with Crippen LogP contribution in [0.3, 0.4) is 0 Å². The van der Waals surface area contributed by atoms with Crippen molar-refractivity contribution >= 4 is 11.9 Å². The molecule has 4 heteroatoms. The molecule has 0 bridgehead atoms. The summed E-state index contributed by atoms with van der Waals surface area (Å²) in [6.45, 7) is 3.67. The molecule has 0 aliphatic heterocycles. The van der Waals surface area contributed by atoms with E-state index in [1.807, 2.05) is 6.92 Å². The number of carboxylic acid groups (broad SMARTS) is 1. The summed E-state index contributed by atoms with van der Waals surface area (Å²) in [6, 6.07) is 0. The van der Waals surface area contributed by atoms with Crippen molar-refractivity contribution in [2.45, 2.75) is 39.2 Å². The number of hydrogen-bond acceptors (Lipinski definition) is 3. The molecule has 0 aromatic heterocycles. The molecular formula is C8H14O4. The van der Waals surface area contributed by atoms with Crippen molar-refractivity contribution in [3.8, 4) is 0 Å². The Hall–Kier alpha value is -1.06. The second-order valence-corrected chi connectivity index (χ2v) is 2.60. The van der Waals surface area contributed by atoms with Crippen LogP contribution in [0.5, 0.6) is 0 Å². The van der Waals surface area contributed by atoms with Crippen molar-refractivity contribution in [2.75, 3.05) is 0 Å². The van der Waals surface area contributed by atoms with Crippen LogP contribution in [0, 0.1) is 0 Å². The minimum Gasteiger partial charge on any atom is -0.481 e. The lowest BCUT2D eigenvalue weighted by Gasteiger charge is -2.09. The largest absolute Gasteiger partial charge is 0.481 e. The van der Waals surface area contributed by atoms with Crippen LogP contribution in [-0.4, -0.2) is 23.1 Å². The van der Waals surface area contributed by atoms with Gasteiger partial charge in [-0.3, -0.25) is 9.59 Å². The Balaban J connectivity index is 3.53. The number of carbonyl (C=O) groups excluding carboxylic acids is 1. The van der Waals surface area contributed by atoms with Gasteiger partial charge in [-0.05, 0) is 13.3 Å². The molecule has 0 aromatic carbocycles. The van der Waals surface area contributed by atoms with Gasteiger partial charge in [-0.15, -0.1) is 0 Å². The summed E-state index contributed by atoms with van der Waals surface area (Å²) in [7, 11) is 0. The van der Waals surface area contributed by atoms with Crippen LogP contribution in [0.15, 0.2) is 0 Å². The number of carboxylic acids is 1. The fraction of sp³-hybridized carbons (Fsp3) is 0.750. The molecule has 1 atom stereocenters. The first-order valence-electron chi connectivity index (χ1n) is 3.97. The summed E-state index contributed by atoms with van der Waals surface area (Å²) in [5.74, 6) is -1.41. The van der Waals surface area contributed by atoms with E-state index in [-0.39, 0.29) is 18.9 Å². The second-order valence-electron chi connectivity index (χ2n) is 2.60. The summed E-state index contributed by atoms with van der Waals surface area (Å²) in [5.41, 5.74) is 0. The molecule has 0 saturated heterocycles. The Bertz CT molecular complexity index is 164. The van der Waals surface area contributed by atoms with Crippen LogP contribution in [0.1, 0.15) is 33.1 Å². The van der Waals surface area contributed by atoms with E-state index in [0.717, 1.165) is 6.42 Å². The molecular weight excluding hydrogens is 160 g/mol. The molecule has 12 heavy (non-hydrogen) atoms. The third-order valence-electron chi connectivity index (χ3n) is 1.45. The molecule has 1 N–H and O–H groups in total. The molecule has 4 nitrogen and oxygen atoms in total. The van der Waals surface area contributed by atoms with Crippen molar-refractivity contribution in [1.29, 1.82) is 0 Å². The van der Waals surface area contributed by atoms with Gasteiger partial charge in [0.15, 0.2) is 0 Å². The first-order valence-corrected chi connectivity index (χ1v) is 3.97. The van der Waals surface area contributed by atoms with E-state index in [1.54, 1.807) is 6.92 Å². The van der Waals surface area contributed by atoms with Crippen LogP contribution in [0.4, 0.5) is 0 Å². The van der Waals surface area contributed by atoms with Crippen molar-refractivity contribution in [2.24, 2.45) is 0 Å². The Kier molecular flexibility index (Phi) is 5.08. The lowest BCUT2D eigenvalue weighted by Crippen LogP contribution is -2.14. The normalized spacial score (nSPS) is 12.2. The predicted molar refractivity (Wildman–Crippen MR) is 42.7 cm³/mol. The van der Waals surface area contributed by atoms with Gasteiger partial charge >= 0.3 is 11.9 Å². The third kappa shape index (κ3) is 5.70. The lowest BCUT2D eigenvalue weighted by atomic mass is 10.3. The van der Waals surface area contributed by atoms with E-state index >= 15 is 0 Å². The molecule has 70 valence electrons. The maximum atomic E-state index is 10.8. The molecule has 0 aromatic rings. The van der Waals surface area contributed by atoms with E-state index in [9.17, 15) is 9.59 Å². The highest BCUT2D eigenvalue weighted by molar-refractivity contribution is 5.76. The fourth-order valence-electron chi connectivity index (χ4n) is 0.576. The molecule has 0 aliphatic rings. The van der Waals surface area contributed by atoms with Gasteiger partial charge in [0.1, 0.15) is 0 Å². The van der Waals surface area contributed by atoms with Gasteiger partial charge in [-0.1, -0.05) is 6.92 Å². The maximum Gasteiger partial charge on any atom is 0.306 e. The van der Waals surface area contributed by atoms with Gasteiger partial charge in [0.05, 0.1) is 18.9 Å². The average molecular weight is 174 g/mol. The van der Waals surface area contributed by atoms with Gasteiger partial charge in [-0.25, -0.2) is 0 Å². The van der Waals surface area contributed by atoms with Crippen LogP contribution >= 0.6 is 0 Å². The molecule has 0 spiro atoms. The fourth-order valence-corrected chi connectivity index (χ4v) is 0.576. The first-order chi connectivity index (χ1) is 5.56. The zero-order chi connectivity index (χ0) is 9.56. The number of aliphatic carboxylic acids is 1. The standard InChI is InChI=1S/C8H14O4/c1-3-6(2)12-8(11)5-4-7(9)10/h6H,3-5H2,1-2H3,(H,9,10)/t6-/m1/s1. The van der Waals surface area contributed by atoms with Crippen molar-refractivity contribution in [1.82, 2.24) is 0 Å². The Morgan fingerprint density at radius 1 is 1.42 bits per heavy atom. The Labute approximate surface area is 71.5 Å². The molecule has 0 fully saturated rings. The van der Waals surface area contributed by atoms with Crippen LogP contribution in [-0.2, 0) is 14.3 Å². The molecule has 0 rings (SSSR count). The first kappa shape index (κ1) is 10.9. The summed E-state index contributed by atoms with van der Waals surface area (Å²) < 4.78 is 4.85. The zero-order valence-electron chi connectivity index (χ0n) is 7.37. The molecule has 0 heterocycles. The highest BCUT2D eigenvalue weighted by Crippen LogP contribution is 2.00. The number of rotatable bonds is 5. The predicted octanol–water partition coefficient (Wildman–Crippen LogP) is 1.19. The highest BCUT2D eigenvalue weighted by atomic mass is 16.5. The van der Waals surface area contributed by atoms with E-state index in [2.05, 4.69) is 0 Å². The average Bonchev–Trinajstić information content (AvgIpc) is 2.00. The summed E-state index contributed by atoms with van der Waals surface area (Å²) in [6.07, 6.45) is 0.430. The van der Waals surface area contributed by atoms with Crippen molar-refractivity contribution in [3.05, 3.63) is 0 Å². The van der Waals surface area contributed by atoms with E-state index in [1.165, 1.54) is 0 Å².